The molecule has 0 fully saturated rings. The molecular formula is C15H7ClN4O. The van der Waals surface area contributed by atoms with Crippen molar-refractivity contribution in [3.8, 4) is 17.3 Å². The maximum absolute atomic E-state index is 11.2. The van der Waals surface area contributed by atoms with Gasteiger partial charge in [0.25, 0.3) is 0 Å². The zero-order valence-electron chi connectivity index (χ0n) is 10.6. The number of halogens is 1. The van der Waals surface area contributed by atoms with Gasteiger partial charge in [-0.25, -0.2) is 15.0 Å². The predicted molar refractivity (Wildman–Crippen MR) is 77.9 cm³/mol. The van der Waals surface area contributed by atoms with Gasteiger partial charge in [0, 0.05) is 10.9 Å². The van der Waals surface area contributed by atoms with E-state index in [1.165, 1.54) is 6.33 Å². The van der Waals surface area contributed by atoms with E-state index in [1.807, 2.05) is 30.3 Å². The maximum Gasteiger partial charge on any atom is 0.155 e. The Hall–Kier alpha value is -2.84. The first-order valence-corrected chi connectivity index (χ1v) is 6.38. The SMILES string of the molecule is N#Cc1nc2ccccc2cc1-c1ncnc(Cl)c1C=O. The summed E-state index contributed by atoms with van der Waals surface area (Å²) in [4.78, 5) is 23.4. The van der Waals surface area contributed by atoms with Crippen LogP contribution in [0.2, 0.25) is 5.15 Å². The molecule has 0 atom stereocenters. The molecule has 0 saturated heterocycles. The highest BCUT2D eigenvalue weighted by atomic mass is 35.5. The van der Waals surface area contributed by atoms with Gasteiger partial charge in [-0.05, 0) is 12.1 Å². The average molecular weight is 295 g/mol. The Morgan fingerprint density at radius 3 is 2.81 bits per heavy atom. The van der Waals surface area contributed by atoms with Gasteiger partial charge < -0.3 is 0 Å². The van der Waals surface area contributed by atoms with Gasteiger partial charge in [-0.2, -0.15) is 5.26 Å². The second-order valence-corrected chi connectivity index (χ2v) is 4.59. The number of benzene rings is 1. The summed E-state index contributed by atoms with van der Waals surface area (Å²) in [5, 5.41) is 10.2. The van der Waals surface area contributed by atoms with Crippen molar-refractivity contribution in [1.29, 1.82) is 5.26 Å². The zero-order valence-corrected chi connectivity index (χ0v) is 11.4. The number of hydrogen-bond donors (Lipinski definition) is 0. The molecule has 0 aliphatic rings. The summed E-state index contributed by atoms with van der Waals surface area (Å²) in [6, 6.07) is 11.2. The van der Waals surface area contributed by atoms with Gasteiger partial charge >= 0.3 is 0 Å². The Labute approximate surface area is 124 Å². The van der Waals surface area contributed by atoms with E-state index >= 15 is 0 Å². The molecule has 6 heteroatoms. The zero-order chi connectivity index (χ0) is 14.8. The lowest BCUT2D eigenvalue weighted by Gasteiger charge is -2.08. The lowest BCUT2D eigenvalue weighted by molar-refractivity contribution is 0.112. The number of aromatic nitrogens is 3. The predicted octanol–water partition coefficient (Wildman–Crippen LogP) is 3.03. The number of hydrogen-bond acceptors (Lipinski definition) is 5. The number of aldehydes is 1. The van der Waals surface area contributed by atoms with Crippen LogP contribution in [0.3, 0.4) is 0 Å². The molecule has 0 aliphatic carbocycles. The molecule has 3 rings (SSSR count). The molecule has 2 aromatic heterocycles. The average Bonchev–Trinajstić information content (AvgIpc) is 2.53. The molecule has 21 heavy (non-hydrogen) atoms. The summed E-state index contributed by atoms with van der Waals surface area (Å²) in [7, 11) is 0. The summed E-state index contributed by atoms with van der Waals surface area (Å²) in [5.74, 6) is 0. The van der Waals surface area contributed by atoms with E-state index in [1.54, 1.807) is 6.07 Å². The van der Waals surface area contributed by atoms with Crippen LogP contribution in [0.25, 0.3) is 22.2 Å². The van der Waals surface area contributed by atoms with Crippen LogP contribution >= 0.6 is 11.6 Å². The van der Waals surface area contributed by atoms with Crippen LogP contribution in [-0.2, 0) is 0 Å². The Morgan fingerprint density at radius 1 is 1.24 bits per heavy atom. The summed E-state index contributed by atoms with van der Waals surface area (Å²) in [6.07, 6.45) is 1.83. The van der Waals surface area contributed by atoms with Crippen molar-refractivity contribution in [2.24, 2.45) is 0 Å². The van der Waals surface area contributed by atoms with Gasteiger partial charge in [-0.1, -0.05) is 29.8 Å². The Bertz CT molecular complexity index is 902. The van der Waals surface area contributed by atoms with Crippen molar-refractivity contribution in [1.82, 2.24) is 15.0 Å². The number of fused-ring (bicyclic) bond motifs is 1. The number of nitrogens with zero attached hydrogens (tertiary/aromatic N) is 4. The number of nitriles is 1. The number of rotatable bonds is 2. The monoisotopic (exact) mass is 294 g/mol. The summed E-state index contributed by atoms with van der Waals surface area (Å²) in [5.41, 5.74) is 1.80. The molecule has 0 N–H and O–H groups in total. The van der Waals surface area contributed by atoms with Crippen molar-refractivity contribution in [2.45, 2.75) is 0 Å². The first-order chi connectivity index (χ1) is 10.2. The highest BCUT2D eigenvalue weighted by Gasteiger charge is 2.16. The number of para-hydroxylation sites is 1. The third-order valence-corrected chi connectivity index (χ3v) is 3.34. The second-order valence-electron chi connectivity index (χ2n) is 4.23. The van der Waals surface area contributed by atoms with Gasteiger partial charge in [-0.3, -0.25) is 4.79 Å². The van der Waals surface area contributed by atoms with Crippen LogP contribution in [0.5, 0.6) is 0 Å². The van der Waals surface area contributed by atoms with Gasteiger partial charge in [0.2, 0.25) is 0 Å². The molecule has 0 aliphatic heterocycles. The molecule has 0 bridgehead atoms. The van der Waals surface area contributed by atoms with E-state index in [-0.39, 0.29) is 16.4 Å². The van der Waals surface area contributed by atoms with Crippen molar-refractivity contribution in [3.63, 3.8) is 0 Å². The van der Waals surface area contributed by atoms with Gasteiger partial charge in [0.1, 0.15) is 17.5 Å². The molecule has 0 unspecified atom stereocenters. The standard InChI is InChI=1S/C15H7ClN4O/c16-15-11(7-21)14(18-8-19-15)10-5-9-3-1-2-4-12(9)20-13(10)6-17/h1-5,7-8H. The second kappa shape index (κ2) is 5.27. The molecule has 5 nitrogen and oxygen atoms in total. The fraction of sp³-hybridized carbons (Fsp3) is 0. The normalized spacial score (nSPS) is 10.3. The van der Waals surface area contributed by atoms with E-state index in [9.17, 15) is 10.1 Å². The largest absolute Gasteiger partial charge is 0.298 e. The number of pyridine rings is 1. The summed E-state index contributed by atoms with van der Waals surface area (Å²) < 4.78 is 0. The summed E-state index contributed by atoms with van der Waals surface area (Å²) >= 11 is 5.91. The fourth-order valence-corrected chi connectivity index (χ4v) is 2.25. The maximum atomic E-state index is 11.2. The highest BCUT2D eigenvalue weighted by molar-refractivity contribution is 6.32. The van der Waals surface area contributed by atoms with Crippen LogP contribution in [0.4, 0.5) is 0 Å². The molecule has 0 radical (unpaired) electrons. The van der Waals surface area contributed by atoms with Crippen molar-refractivity contribution >= 4 is 28.8 Å². The summed E-state index contributed by atoms with van der Waals surface area (Å²) in [6.45, 7) is 0. The van der Waals surface area contributed by atoms with Crippen molar-refractivity contribution in [2.75, 3.05) is 0 Å². The third kappa shape index (κ3) is 2.22. The Kier molecular flexibility index (Phi) is 3.30. The first-order valence-electron chi connectivity index (χ1n) is 6.00. The highest BCUT2D eigenvalue weighted by Crippen LogP contribution is 2.28. The lowest BCUT2D eigenvalue weighted by atomic mass is 10.0. The number of carbonyl (C=O) groups excluding carboxylic acids is 1. The fourth-order valence-electron chi connectivity index (χ4n) is 2.07. The Morgan fingerprint density at radius 2 is 2.05 bits per heavy atom. The minimum Gasteiger partial charge on any atom is -0.298 e. The molecule has 100 valence electrons. The third-order valence-electron chi connectivity index (χ3n) is 3.04. The van der Waals surface area contributed by atoms with Crippen LogP contribution in [0.15, 0.2) is 36.7 Å². The minimum absolute atomic E-state index is 0.0482. The lowest BCUT2D eigenvalue weighted by Crippen LogP contribution is -1.99. The topological polar surface area (TPSA) is 79.5 Å². The molecule has 0 amide bonds. The van der Waals surface area contributed by atoms with E-state index in [2.05, 4.69) is 15.0 Å². The van der Waals surface area contributed by atoms with Gasteiger partial charge in [0.05, 0.1) is 16.8 Å². The van der Waals surface area contributed by atoms with Crippen molar-refractivity contribution in [3.05, 3.63) is 53.1 Å². The van der Waals surface area contributed by atoms with Crippen LogP contribution in [-0.4, -0.2) is 21.2 Å². The molecule has 3 aromatic rings. The first kappa shape index (κ1) is 13.2. The van der Waals surface area contributed by atoms with E-state index in [4.69, 9.17) is 11.6 Å². The van der Waals surface area contributed by atoms with Crippen molar-refractivity contribution < 1.29 is 4.79 Å². The Balaban J connectivity index is 2.37. The van der Waals surface area contributed by atoms with Crippen LogP contribution < -0.4 is 0 Å². The molecular weight excluding hydrogens is 288 g/mol. The quantitative estimate of drug-likeness (QED) is 0.536. The van der Waals surface area contributed by atoms with Crippen LogP contribution in [0, 0.1) is 11.3 Å². The van der Waals surface area contributed by atoms with Gasteiger partial charge in [-0.15, -0.1) is 0 Å². The van der Waals surface area contributed by atoms with E-state index in [0.717, 1.165) is 5.39 Å². The van der Waals surface area contributed by atoms with Crippen LogP contribution in [0.1, 0.15) is 16.1 Å². The number of carbonyl (C=O) groups is 1. The van der Waals surface area contributed by atoms with Gasteiger partial charge in [0.15, 0.2) is 12.0 Å². The molecule has 2 heterocycles. The van der Waals surface area contributed by atoms with E-state index < -0.39 is 0 Å². The van der Waals surface area contributed by atoms with E-state index in [0.29, 0.717) is 23.1 Å². The molecule has 0 spiro atoms. The molecule has 1 aromatic carbocycles. The molecule has 0 saturated carbocycles. The minimum atomic E-state index is 0.0482. The smallest absolute Gasteiger partial charge is 0.155 e.